The number of rotatable bonds is 8. The molecule has 0 aliphatic carbocycles. The molecular weight excluding hydrogens is 414 g/mol. The van der Waals surface area contributed by atoms with Crippen LogP contribution in [0.4, 0.5) is 9.80 Å². The van der Waals surface area contributed by atoms with Crippen LogP contribution >= 0.6 is 23.1 Å². The Kier molecular flexibility index (Phi) is 6.99. The van der Waals surface area contributed by atoms with Crippen LogP contribution in [0.5, 0.6) is 5.88 Å². The van der Waals surface area contributed by atoms with E-state index in [9.17, 15) is 9.59 Å². The van der Waals surface area contributed by atoms with E-state index >= 15 is 0 Å². The van der Waals surface area contributed by atoms with E-state index in [1.807, 2.05) is 18.2 Å². The molecule has 8 nitrogen and oxygen atoms in total. The van der Waals surface area contributed by atoms with Crippen molar-refractivity contribution in [3.05, 3.63) is 70.5 Å². The quantitative estimate of drug-likeness (QED) is 0.505. The molecule has 2 heterocycles. The molecule has 1 aromatic carbocycles. The molecule has 0 saturated heterocycles. The summed E-state index contributed by atoms with van der Waals surface area (Å²) in [5.74, 6) is -0.667. The van der Waals surface area contributed by atoms with Crippen LogP contribution in [0.15, 0.2) is 48.8 Å². The second-order valence-corrected chi connectivity index (χ2v) is 7.17. The van der Waals surface area contributed by atoms with E-state index in [0.717, 1.165) is 22.7 Å². The number of primary amides is 1. The molecule has 3 rings (SSSR count). The molecule has 0 aliphatic rings. The van der Waals surface area contributed by atoms with Crippen molar-refractivity contribution in [1.82, 2.24) is 14.7 Å². The van der Waals surface area contributed by atoms with Gasteiger partial charge >= 0.3 is 6.03 Å². The molecule has 0 unspecified atom stereocenters. The second kappa shape index (κ2) is 9.85. The fourth-order valence-corrected chi connectivity index (χ4v) is 3.29. The Morgan fingerprint density at radius 3 is 2.66 bits per heavy atom. The van der Waals surface area contributed by atoms with E-state index in [2.05, 4.69) is 20.0 Å². The summed E-state index contributed by atoms with van der Waals surface area (Å²) in [7, 11) is 0. The number of urea groups is 1. The number of carbonyl (C=O) groups is 2. The number of halogens is 1. The third-order valence-corrected chi connectivity index (χ3v) is 4.84. The average Bonchev–Trinajstić information content (AvgIpc) is 3.11. The molecule has 3 aromatic rings. The van der Waals surface area contributed by atoms with Gasteiger partial charge in [-0.3, -0.25) is 15.1 Å². The standard InChI is InChI=1S/C19H18ClN5O3S/c20-14-5-3-12(4-6-14)7-9-23-19(27)24-18-15(16(21)26)17(25-29-18)28-11-13-2-1-8-22-10-13/h1-6,8,10H,7,9,11H2,(H2,21,26)(H2,23,24,27). The Bertz CT molecular complexity index is 979. The number of ether oxygens (including phenoxy) is 1. The van der Waals surface area contributed by atoms with Gasteiger partial charge in [0.05, 0.1) is 0 Å². The molecule has 0 saturated carbocycles. The summed E-state index contributed by atoms with van der Waals surface area (Å²) in [5.41, 5.74) is 7.33. The molecule has 4 N–H and O–H groups in total. The predicted molar refractivity (Wildman–Crippen MR) is 111 cm³/mol. The van der Waals surface area contributed by atoms with E-state index in [-0.39, 0.29) is 23.1 Å². The Morgan fingerprint density at radius 2 is 1.97 bits per heavy atom. The molecule has 0 aliphatic heterocycles. The highest BCUT2D eigenvalue weighted by Gasteiger charge is 2.22. The first kappa shape index (κ1) is 20.6. The molecule has 150 valence electrons. The topological polar surface area (TPSA) is 119 Å². The maximum Gasteiger partial charge on any atom is 0.319 e. The van der Waals surface area contributed by atoms with E-state index < -0.39 is 11.9 Å². The zero-order valence-electron chi connectivity index (χ0n) is 15.2. The van der Waals surface area contributed by atoms with Crippen LogP contribution in [-0.2, 0) is 13.0 Å². The van der Waals surface area contributed by atoms with E-state index in [1.54, 1.807) is 30.6 Å². The van der Waals surface area contributed by atoms with Gasteiger partial charge in [0.1, 0.15) is 17.2 Å². The van der Waals surface area contributed by atoms with E-state index in [1.165, 1.54) is 0 Å². The van der Waals surface area contributed by atoms with Crippen LogP contribution in [0.3, 0.4) is 0 Å². The number of hydrogen-bond donors (Lipinski definition) is 3. The van der Waals surface area contributed by atoms with Gasteiger partial charge in [0.15, 0.2) is 0 Å². The van der Waals surface area contributed by atoms with Gasteiger partial charge in [0.25, 0.3) is 5.91 Å². The lowest BCUT2D eigenvalue weighted by Gasteiger charge is -2.08. The molecular formula is C19H18ClN5O3S. The monoisotopic (exact) mass is 431 g/mol. The van der Waals surface area contributed by atoms with E-state index in [0.29, 0.717) is 18.0 Å². The van der Waals surface area contributed by atoms with Gasteiger partial charge in [-0.15, -0.1) is 0 Å². The van der Waals surface area contributed by atoms with Gasteiger partial charge in [-0.05, 0) is 41.7 Å². The zero-order chi connectivity index (χ0) is 20.6. The lowest BCUT2D eigenvalue weighted by molar-refractivity contribution is 0.0996. The van der Waals surface area contributed by atoms with Crippen molar-refractivity contribution in [3.63, 3.8) is 0 Å². The number of nitrogens with two attached hydrogens (primary N) is 1. The van der Waals surface area contributed by atoms with Crippen LogP contribution in [0.1, 0.15) is 21.5 Å². The van der Waals surface area contributed by atoms with Crippen LogP contribution < -0.4 is 21.1 Å². The summed E-state index contributed by atoms with van der Waals surface area (Å²) < 4.78 is 9.66. The first-order valence-electron chi connectivity index (χ1n) is 8.63. The van der Waals surface area contributed by atoms with Crippen molar-refractivity contribution in [2.45, 2.75) is 13.0 Å². The third kappa shape index (κ3) is 5.90. The Balaban J connectivity index is 1.56. The first-order chi connectivity index (χ1) is 14.0. The summed E-state index contributed by atoms with van der Waals surface area (Å²) in [6.45, 7) is 0.577. The summed E-state index contributed by atoms with van der Waals surface area (Å²) in [5, 5.41) is 6.20. The number of pyridine rings is 1. The van der Waals surface area contributed by atoms with Gasteiger partial charge in [-0.25, -0.2) is 4.79 Å². The normalized spacial score (nSPS) is 10.4. The van der Waals surface area contributed by atoms with Gasteiger partial charge < -0.3 is 15.8 Å². The average molecular weight is 432 g/mol. The lowest BCUT2D eigenvalue weighted by atomic mass is 10.1. The molecule has 29 heavy (non-hydrogen) atoms. The summed E-state index contributed by atoms with van der Waals surface area (Å²) in [4.78, 5) is 28.0. The minimum atomic E-state index is -0.739. The summed E-state index contributed by atoms with van der Waals surface area (Å²) in [6, 6.07) is 10.5. The number of aromatic nitrogens is 2. The first-order valence-corrected chi connectivity index (χ1v) is 9.78. The molecule has 0 radical (unpaired) electrons. The van der Waals surface area contributed by atoms with Crippen molar-refractivity contribution >= 4 is 40.1 Å². The van der Waals surface area contributed by atoms with Crippen molar-refractivity contribution < 1.29 is 14.3 Å². The number of hydrogen-bond acceptors (Lipinski definition) is 6. The molecule has 2 aromatic heterocycles. The van der Waals surface area contributed by atoms with Crippen LogP contribution in [0.2, 0.25) is 5.02 Å². The predicted octanol–water partition coefficient (Wildman–Crippen LogP) is 3.23. The largest absolute Gasteiger partial charge is 0.472 e. The van der Waals surface area contributed by atoms with Crippen molar-refractivity contribution in [2.24, 2.45) is 5.73 Å². The number of nitrogens with one attached hydrogen (secondary N) is 2. The molecule has 0 fully saturated rings. The molecule has 0 atom stereocenters. The summed E-state index contributed by atoms with van der Waals surface area (Å²) in [6.07, 6.45) is 3.92. The van der Waals surface area contributed by atoms with Crippen LogP contribution in [-0.4, -0.2) is 27.8 Å². The number of benzene rings is 1. The fraction of sp³-hybridized carbons (Fsp3) is 0.158. The van der Waals surface area contributed by atoms with Gasteiger partial charge in [0, 0.05) is 29.5 Å². The smallest absolute Gasteiger partial charge is 0.319 e. The van der Waals surface area contributed by atoms with E-state index in [4.69, 9.17) is 22.1 Å². The minimum Gasteiger partial charge on any atom is -0.472 e. The Morgan fingerprint density at radius 1 is 1.17 bits per heavy atom. The Labute approximate surface area is 176 Å². The molecule has 3 amide bonds. The third-order valence-electron chi connectivity index (χ3n) is 3.85. The number of nitrogens with zero attached hydrogens (tertiary/aromatic N) is 2. The van der Waals surface area contributed by atoms with Gasteiger partial charge in [-0.2, -0.15) is 4.37 Å². The summed E-state index contributed by atoms with van der Waals surface area (Å²) >= 11 is 6.77. The van der Waals surface area contributed by atoms with Crippen LogP contribution in [0.25, 0.3) is 0 Å². The zero-order valence-corrected chi connectivity index (χ0v) is 16.8. The molecule has 0 spiro atoms. The molecule has 0 bridgehead atoms. The highest BCUT2D eigenvalue weighted by Crippen LogP contribution is 2.30. The molecule has 10 heteroatoms. The van der Waals surface area contributed by atoms with Gasteiger partial charge in [0.2, 0.25) is 5.88 Å². The highest BCUT2D eigenvalue weighted by molar-refractivity contribution is 7.11. The number of anilines is 1. The number of carbonyl (C=O) groups excluding carboxylic acids is 2. The van der Waals surface area contributed by atoms with Crippen molar-refractivity contribution in [3.8, 4) is 5.88 Å². The van der Waals surface area contributed by atoms with Crippen LogP contribution in [0, 0.1) is 0 Å². The maximum atomic E-state index is 12.2. The Hall–Kier alpha value is -3.17. The number of amides is 3. The van der Waals surface area contributed by atoms with Crippen molar-refractivity contribution in [2.75, 3.05) is 11.9 Å². The van der Waals surface area contributed by atoms with Crippen molar-refractivity contribution in [1.29, 1.82) is 0 Å². The minimum absolute atomic E-state index is 0.0340. The lowest BCUT2D eigenvalue weighted by Crippen LogP contribution is -2.31. The van der Waals surface area contributed by atoms with Gasteiger partial charge in [-0.1, -0.05) is 29.8 Å². The fourth-order valence-electron chi connectivity index (χ4n) is 2.43. The highest BCUT2D eigenvalue weighted by atomic mass is 35.5. The SMILES string of the molecule is NC(=O)c1c(OCc2cccnc2)nsc1NC(=O)NCCc1ccc(Cl)cc1. The maximum absolute atomic E-state index is 12.2. The second-order valence-electron chi connectivity index (χ2n) is 5.96.